The van der Waals surface area contributed by atoms with E-state index in [0.29, 0.717) is 21.0 Å². The van der Waals surface area contributed by atoms with Crippen molar-refractivity contribution in [3.63, 3.8) is 0 Å². The molecule has 21 heavy (non-hydrogen) atoms. The molecule has 2 aromatic rings. The minimum absolute atomic E-state index is 0.168. The Morgan fingerprint density at radius 2 is 2.05 bits per heavy atom. The molecule has 3 rings (SSSR count). The minimum Gasteiger partial charge on any atom is -0.395 e. The molecule has 0 bridgehead atoms. The first kappa shape index (κ1) is 14.5. The average Bonchev–Trinajstić information content (AvgIpc) is 2.88. The number of hydrogen-bond acceptors (Lipinski definition) is 3. The fourth-order valence-corrected chi connectivity index (χ4v) is 3.32. The summed E-state index contributed by atoms with van der Waals surface area (Å²) < 4.78 is 27.9. The Labute approximate surface area is 135 Å². The summed E-state index contributed by atoms with van der Waals surface area (Å²) in [6, 6.07) is 4.99. The van der Waals surface area contributed by atoms with Crippen LogP contribution < -0.4 is 10.6 Å². The second-order valence-electron chi connectivity index (χ2n) is 5.05. The topological polar surface area (TPSA) is 42.1 Å². The van der Waals surface area contributed by atoms with E-state index < -0.39 is 11.6 Å². The molecule has 0 spiro atoms. The Balaban J connectivity index is 2.06. The van der Waals surface area contributed by atoms with E-state index in [4.69, 9.17) is 5.73 Å². The van der Waals surface area contributed by atoms with Crippen molar-refractivity contribution in [1.29, 1.82) is 0 Å². The Kier molecular flexibility index (Phi) is 3.97. The first-order chi connectivity index (χ1) is 10.1. The monoisotopic (exact) mass is 401 g/mol. The van der Waals surface area contributed by atoms with Gasteiger partial charge in [0.25, 0.3) is 0 Å². The van der Waals surface area contributed by atoms with Crippen LogP contribution in [0.4, 0.5) is 20.3 Å². The van der Waals surface area contributed by atoms with Crippen molar-refractivity contribution in [2.75, 3.05) is 23.7 Å². The van der Waals surface area contributed by atoms with E-state index in [-0.39, 0.29) is 5.56 Å². The SMILES string of the molecule is Nc1c(-c2cc(F)ccc2F)ccnc1N1CC[C@H](I)C1. The highest BCUT2D eigenvalue weighted by Crippen LogP contribution is 2.35. The third kappa shape index (κ3) is 2.81. The molecule has 110 valence electrons. The third-order valence-electron chi connectivity index (χ3n) is 3.62. The largest absolute Gasteiger partial charge is 0.395 e. The number of benzene rings is 1. The molecule has 1 aromatic heterocycles. The molecule has 2 N–H and O–H groups in total. The number of anilines is 2. The van der Waals surface area contributed by atoms with Crippen molar-refractivity contribution in [3.05, 3.63) is 42.1 Å². The number of aromatic nitrogens is 1. The summed E-state index contributed by atoms with van der Waals surface area (Å²) in [5.41, 5.74) is 7.21. The number of halogens is 3. The zero-order chi connectivity index (χ0) is 15.0. The standard InChI is InChI=1S/C15H14F2IN3/c16-9-1-2-13(17)12(7-9)11-3-5-20-15(14(11)19)21-6-4-10(18)8-21/h1-3,5,7,10H,4,6,8,19H2/t10-/m0/s1. The number of hydrogen-bond donors (Lipinski definition) is 1. The number of nitrogens with two attached hydrogens (primary N) is 1. The smallest absolute Gasteiger partial charge is 0.152 e. The lowest BCUT2D eigenvalue weighted by molar-refractivity contribution is 0.603. The minimum atomic E-state index is -0.492. The fraction of sp³-hybridized carbons (Fsp3) is 0.267. The molecule has 0 radical (unpaired) electrons. The van der Waals surface area contributed by atoms with Gasteiger partial charge in [-0.3, -0.25) is 0 Å². The van der Waals surface area contributed by atoms with Crippen LogP contribution in [0.25, 0.3) is 11.1 Å². The van der Waals surface area contributed by atoms with Crippen molar-refractivity contribution >= 4 is 34.1 Å². The predicted molar refractivity (Wildman–Crippen MR) is 88.6 cm³/mol. The summed E-state index contributed by atoms with van der Waals surface area (Å²) in [7, 11) is 0. The van der Waals surface area contributed by atoms with E-state index in [9.17, 15) is 8.78 Å². The number of rotatable bonds is 2. The van der Waals surface area contributed by atoms with Gasteiger partial charge in [0.2, 0.25) is 0 Å². The Morgan fingerprint density at radius 1 is 1.24 bits per heavy atom. The van der Waals surface area contributed by atoms with Crippen molar-refractivity contribution in [1.82, 2.24) is 4.98 Å². The van der Waals surface area contributed by atoms with Crippen molar-refractivity contribution < 1.29 is 8.78 Å². The summed E-state index contributed by atoms with van der Waals surface area (Å²) in [4.78, 5) is 6.40. The second-order valence-corrected chi connectivity index (χ2v) is 6.81. The molecular weight excluding hydrogens is 387 g/mol. The van der Waals surface area contributed by atoms with Crippen LogP contribution in [-0.2, 0) is 0 Å². The highest BCUT2D eigenvalue weighted by atomic mass is 127. The zero-order valence-electron chi connectivity index (χ0n) is 11.2. The van der Waals surface area contributed by atoms with Crippen LogP contribution >= 0.6 is 22.6 Å². The molecule has 1 aromatic carbocycles. The molecule has 0 aliphatic carbocycles. The van der Waals surface area contributed by atoms with Gasteiger partial charge in [-0.15, -0.1) is 0 Å². The average molecular weight is 401 g/mol. The van der Waals surface area contributed by atoms with E-state index in [0.717, 1.165) is 37.7 Å². The van der Waals surface area contributed by atoms with Crippen LogP contribution in [-0.4, -0.2) is 22.0 Å². The molecule has 0 amide bonds. The third-order valence-corrected chi connectivity index (χ3v) is 4.63. The quantitative estimate of drug-likeness (QED) is 0.618. The van der Waals surface area contributed by atoms with Crippen LogP contribution in [0.3, 0.4) is 0 Å². The second kappa shape index (κ2) is 5.75. The van der Waals surface area contributed by atoms with Crippen LogP contribution in [0, 0.1) is 11.6 Å². The lowest BCUT2D eigenvalue weighted by Crippen LogP contribution is -2.22. The molecule has 1 aliphatic rings. The van der Waals surface area contributed by atoms with Gasteiger partial charge in [0.1, 0.15) is 11.6 Å². The van der Waals surface area contributed by atoms with E-state index in [1.54, 1.807) is 12.3 Å². The van der Waals surface area contributed by atoms with Crippen LogP contribution in [0.5, 0.6) is 0 Å². The maximum absolute atomic E-state index is 13.9. The van der Waals surface area contributed by atoms with Gasteiger partial charge in [-0.25, -0.2) is 13.8 Å². The highest BCUT2D eigenvalue weighted by molar-refractivity contribution is 14.1. The maximum atomic E-state index is 13.9. The number of alkyl halides is 1. The Morgan fingerprint density at radius 3 is 2.76 bits per heavy atom. The lowest BCUT2D eigenvalue weighted by Gasteiger charge is -2.20. The van der Waals surface area contributed by atoms with Gasteiger partial charge in [0.05, 0.1) is 5.69 Å². The van der Waals surface area contributed by atoms with Gasteiger partial charge < -0.3 is 10.6 Å². The van der Waals surface area contributed by atoms with E-state index in [1.165, 1.54) is 0 Å². The van der Waals surface area contributed by atoms with Gasteiger partial charge in [-0.2, -0.15) is 0 Å². The number of pyridine rings is 1. The summed E-state index contributed by atoms with van der Waals surface area (Å²) >= 11 is 2.40. The molecule has 0 saturated carbocycles. The molecule has 2 heterocycles. The van der Waals surface area contributed by atoms with Gasteiger partial charge in [0.15, 0.2) is 5.82 Å². The number of nitrogen functional groups attached to an aromatic ring is 1. The van der Waals surface area contributed by atoms with Gasteiger partial charge in [-0.1, -0.05) is 22.6 Å². The summed E-state index contributed by atoms with van der Waals surface area (Å²) in [5, 5.41) is 0. The zero-order valence-corrected chi connectivity index (χ0v) is 13.3. The summed E-state index contributed by atoms with van der Waals surface area (Å²) in [6.07, 6.45) is 2.66. The van der Waals surface area contributed by atoms with E-state index in [2.05, 4.69) is 32.5 Å². The lowest BCUT2D eigenvalue weighted by atomic mass is 10.0. The molecule has 1 atom stereocenters. The van der Waals surface area contributed by atoms with Gasteiger partial charge >= 0.3 is 0 Å². The van der Waals surface area contributed by atoms with E-state index >= 15 is 0 Å². The molecular formula is C15H14F2IN3. The molecule has 0 unspecified atom stereocenters. The predicted octanol–water partition coefficient (Wildman–Crippen LogP) is 3.62. The van der Waals surface area contributed by atoms with Crippen molar-refractivity contribution in [2.24, 2.45) is 0 Å². The van der Waals surface area contributed by atoms with Crippen molar-refractivity contribution in [2.45, 2.75) is 10.3 Å². The number of nitrogens with zero attached hydrogens (tertiary/aromatic N) is 2. The van der Waals surface area contributed by atoms with Gasteiger partial charge in [0, 0.05) is 34.3 Å². The highest BCUT2D eigenvalue weighted by Gasteiger charge is 2.24. The first-order valence-corrected chi connectivity index (χ1v) is 7.89. The maximum Gasteiger partial charge on any atom is 0.152 e. The Hall–Kier alpha value is -1.44. The van der Waals surface area contributed by atoms with Crippen molar-refractivity contribution in [3.8, 4) is 11.1 Å². The normalized spacial score (nSPS) is 18.2. The first-order valence-electron chi connectivity index (χ1n) is 6.65. The molecule has 1 aliphatic heterocycles. The summed E-state index contributed by atoms with van der Waals surface area (Å²) in [6.45, 7) is 1.74. The van der Waals surface area contributed by atoms with Crippen LogP contribution in [0.1, 0.15) is 6.42 Å². The molecule has 3 nitrogen and oxygen atoms in total. The van der Waals surface area contributed by atoms with E-state index in [1.807, 2.05) is 0 Å². The summed E-state index contributed by atoms with van der Waals surface area (Å²) in [5.74, 6) is -0.332. The fourth-order valence-electron chi connectivity index (χ4n) is 2.56. The molecule has 1 saturated heterocycles. The van der Waals surface area contributed by atoms with Crippen LogP contribution in [0.2, 0.25) is 0 Å². The molecule has 6 heteroatoms. The Bertz CT molecular complexity index is 678. The van der Waals surface area contributed by atoms with Gasteiger partial charge in [-0.05, 0) is 30.7 Å². The molecule has 1 fully saturated rings. The van der Waals surface area contributed by atoms with Crippen LogP contribution in [0.15, 0.2) is 30.5 Å².